The molecule has 30 unspecified atom stereocenters. The van der Waals surface area contributed by atoms with E-state index in [9.17, 15) is 0 Å². The number of hydrogen-bond acceptors (Lipinski definition) is 22. The van der Waals surface area contributed by atoms with E-state index < -0.39 is 152 Å². The lowest BCUT2D eigenvalue weighted by atomic mass is 9.88. The molecule has 0 aromatic heterocycles. The summed E-state index contributed by atoms with van der Waals surface area (Å²) in [6, 6.07) is 10.8. The Bertz CT molecular complexity index is 3900. The van der Waals surface area contributed by atoms with Crippen molar-refractivity contribution in [2.24, 2.45) is 53.3 Å². The van der Waals surface area contributed by atoms with Gasteiger partial charge in [-0.2, -0.15) is 0 Å². The average molecular weight is 2400 g/mol. The minimum Gasteiger partial charge on any atom is -0.437 e. The van der Waals surface area contributed by atoms with Crippen LogP contribution in [0.1, 0.15) is 231 Å². The van der Waals surface area contributed by atoms with Crippen molar-refractivity contribution < 1.29 is 96.1 Å². The molecule has 0 radical (unpaired) electrons. The van der Waals surface area contributed by atoms with E-state index in [4.69, 9.17) is 96.1 Å². The molecule has 0 N–H and O–H groups in total. The third-order valence-electron chi connectivity index (χ3n) is 35.6. The molecule has 0 amide bonds. The summed E-state index contributed by atoms with van der Waals surface area (Å²) in [5.74, 6) is 7.40. The molecule has 9 saturated heterocycles. The number of epoxide rings is 9. The first-order valence-corrected chi connectivity index (χ1v) is 116. The van der Waals surface area contributed by atoms with Crippen LogP contribution in [0.2, 0.25) is 297 Å². The maximum Gasteiger partial charge on any atom is 0.315 e. The van der Waals surface area contributed by atoms with Crippen molar-refractivity contribution in [1.29, 1.82) is 0 Å². The summed E-state index contributed by atoms with van der Waals surface area (Å²) in [5, 5.41) is 0. The lowest BCUT2D eigenvalue weighted by Gasteiger charge is -2.43. The van der Waals surface area contributed by atoms with Crippen LogP contribution < -0.4 is 0 Å². The van der Waals surface area contributed by atoms with Crippen molar-refractivity contribution in [3.05, 3.63) is 0 Å². The van der Waals surface area contributed by atoms with Crippen LogP contribution >= 0.6 is 0 Å². The zero-order chi connectivity index (χ0) is 109. The van der Waals surface area contributed by atoms with Gasteiger partial charge in [0.1, 0.15) is 0 Å². The topological polar surface area (TPSA) is 233 Å². The van der Waals surface area contributed by atoms with E-state index in [1.807, 2.05) is 0 Å². The molecule has 868 valence electrons. The molecule has 149 heavy (non-hydrogen) atoms. The highest BCUT2D eigenvalue weighted by atomic mass is 28.5. The van der Waals surface area contributed by atoms with E-state index in [2.05, 4.69) is 242 Å². The third-order valence-corrected chi connectivity index (χ3v) is 101. The Morgan fingerprint density at radius 3 is 0.409 bits per heavy atom. The molecule has 22 nitrogen and oxygen atoms in total. The van der Waals surface area contributed by atoms with E-state index in [0.717, 1.165) is 71.4 Å². The van der Waals surface area contributed by atoms with Gasteiger partial charge >= 0.3 is 68.5 Å². The zero-order valence-corrected chi connectivity index (χ0v) is 120. The second-order valence-corrected chi connectivity index (χ2v) is 136. The maximum absolute atomic E-state index is 7.35. The quantitative estimate of drug-likeness (QED) is 0.0407. The van der Waals surface area contributed by atoms with Gasteiger partial charge in [-0.05, 0) is 543 Å². The van der Waals surface area contributed by atoms with E-state index in [0.29, 0.717) is 110 Å². The van der Waals surface area contributed by atoms with Crippen LogP contribution in [-0.2, 0) is 96.1 Å². The van der Waals surface area contributed by atoms with Crippen molar-refractivity contribution in [3.63, 3.8) is 0 Å². The van der Waals surface area contributed by atoms with Gasteiger partial charge in [-0.1, -0.05) is 38.5 Å². The minimum atomic E-state index is -2.42. The van der Waals surface area contributed by atoms with E-state index in [-0.39, 0.29) is 0 Å². The maximum atomic E-state index is 7.35. The Morgan fingerprint density at radius 1 is 0.134 bits per heavy atom. The number of rotatable bonds is 53. The fourth-order valence-corrected chi connectivity index (χ4v) is 114. The Hall–Kier alpha value is 3.02. The van der Waals surface area contributed by atoms with Crippen LogP contribution in [-0.4, -0.2) is 262 Å². The molecule has 0 aromatic carbocycles. The molecule has 18 aliphatic rings. The van der Waals surface area contributed by atoms with Gasteiger partial charge in [0.2, 0.25) is 0 Å². The predicted molar refractivity (Wildman–Crippen MR) is 653 cm³/mol. The first-order chi connectivity index (χ1) is 68.6. The summed E-state index contributed by atoms with van der Waals surface area (Å²) in [6.07, 6.45) is 57.1. The van der Waals surface area contributed by atoms with Crippen LogP contribution in [0.3, 0.4) is 0 Å². The van der Waals surface area contributed by atoms with Crippen LogP contribution in [0.25, 0.3) is 0 Å². The molecule has 0 aromatic rings. The number of ether oxygens (including phenoxy) is 9. The molecule has 30 atom stereocenters. The van der Waals surface area contributed by atoms with Crippen molar-refractivity contribution >= 4 is 152 Å². The van der Waals surface area contributed by atoms with Crippen molar-refractivity contribution in [2.75, 3.05) is 0 Å². The molecular formula is C109H228O22Si18. The second-order valence-electron chi connectivity index (χ2n) is 61.6. The summed E-state index contributed by atoms with van der Waals surface area (Å²) < 4.78 is 141. The van der Waals surface area contributed by atoms with Gasteiger partial charge in [-0.15, -0.1) is 0 Å². The molecule has 0 spiro atoms. The third kappa shape index (κ3) is 46.0. The highest BCUT2D eigenvalue weighted by Gasteiger charge is 2.58. The van der Waals surface area contributed by atoms with Crippen LogP contribution in [0.4, 0.5) is 0 Å². The molecular weight excluding hydrogens is 2170 g/mol. The lowest BCUT2D eigenvalue weighted by Crippen LogP contribution is -2.57. The Labute approximate surface area is 931 Å². The van der Waals surface area contributed by atoms with E-state index in [1.165, 1.54) is 267 Å². The summed E-state index contributed by atoms with van der Waals surface area (Å²) in [4.78, 5) is 0. The van der Waals surface area contributed by atoms with Gasteiger partial charge in [0.05, 0.1) is 110 Å². The molecule has 9 saturated carbocycles. The van der Waals surface area contributed by atoms with Crippen molar-refractivity contribution in [2.45, 2.75) is 638 Å². The largest absolute Gasteiger partial charge is 0.437 e. The van der Waals surface area contributed by atoms with E-state index >= 15 is 0 Å². The molecule has 9 aliphatic heterocycles. The van der Waals surface area contributed by atoms with Gasteiger partial charge in [0.25, 0.3) is 0 Å². The van der Waals surface area contributed by atoms with Crippen molar-refractivity contribution in [1.82, 2.24) is 0 Å². The smallest absolute Gasteiger partial charge is 0.315 e. The summed E-state index contributed by atoms with van der Waals surface area (Å²) in [6.45, 7) is 85.8. The van der Waals surface area contributed by atoms with Gasteiger partial charge in [0, 0.05) is 0 Å². The Morgan fingerprint density at radius 2 is 0.262 bits per heavy atom. The molecule has 18 rings (SSSR count). The predicted octanol–water partition coefficient (Wildman–Crippen LogP) is 31.1. The number of hydrogen-bond donors (Lipinski definition) is 0. The zero-order valence-electron chi connectivity index (χ0n) is 102. The lowest BCUT2D eigenvalue weighted by molar-refractivity contribution is 0.301. The number of fused-ring (bicyclic) bond motifs is 9. The van der Waals surface area contributed by atoms with Crippen LogP contribution in [0.15, 0.2) is 0 Å². The normalized spacial score (nSPS) is 35.4. The van der Waals surface area contributed by atoms with Gasteiger partial charge in [0.15, 0.2) is 83.2 Å². The molecule has 9 heterocycles. The fraction of sp³-hybridized carbons (Fsp3) is 1.00. The summed E-state index contributed by atoms with van der Waals surface area (Å²) in [5.41, 5.74) is 0. The monoisotopic (exact) mass is 2390 g/mol. The first-order valence-electron chi connectivity index (χ1n) is 61.6. The standard InChI is InChI=1S/C31H60O6Si4.2C22H44O4Si3.2C17H40O4Si4/c1-38(2,17-14-23-8-11-26-29(20-23)32-26)35-40(5,6)37-41(7,19-16-25-10-13-28-31(22-25)34-28)36-39(3,4)18-15-24-9-12-27-30(21-24)33-27;2*1-27(2,13-11-17-7-9-19-21(15-17)23-19)25-29(5,6)26-28(3,4)14-12-18-8-10-20-22(16-18)24-20;2*1-22(2,3)19-24(7,8)21-25(9,20-23(4,5)6)13-12-15-10-11-16-17(14-15)18-16/h23-31H,8-22H2,1-7H3;2*17-22H,7-16H2,1-6H3;2*15-17H,10-14H2,1-9H3. The first kappa shape index (κ1) is 127. The molecule has 40 heteroatoms. The van der Waals surface area contributed by atoms with Crippen LogP contribution in [0, 0.1) is 53.3 Å². The average Bonchev–Trinajstić information content (AvgIpc) is 1.65. The fourth-order valence-electron chi connectivity index (χ4n) is 29.5. The SMILES string of the molecule is C[Si](C)(C)O[Si](C)(C)O[Si](C)(CCC1CCC2OC2C1)O[Si](C)(C)C.C[Si](C)(C)O[Si](C)(C)O[Si](C)(CCC1CCC2OC2C1)O[Si](C)(C)C.C[Si](C)(CCC1CCC2OC2C1)O[Si](C)(C)O[Si](C)(C)CCC1CCC2OC2C1.C[Si](C)(CCC1CCC2OC2C1)O[Si](C)(C)O[Si](C)(C)CCC1CCC2OC2C1.C[Si](C)(CCC1CCC2OC2C1)O[Si](C)(C)O[Si](C)(CCC1CCC2OC2C1)O[Si](C)(C)CCC1CCC2OC2C1. The van der Waals surface area contributed by atoms with Crippen molar-refractivity contribution in [3.8, 4) is 0 Å². The summed E-state index contributed by atoms with van der Waals surface area (Å²) >= 11 is 0. The minimum absolute atomic E-state index is 0.544. The second kappa shape index (κ2) is 50.7. The highest BCUT2D eigenvalue weighted by Crippen LogP contribution is 2.53. The van der Waals surface area contributed by atoms with E-state index in [1.54, 1.807) is 0 Å². The molecule has 9 aliphatic carbocycles. The Kier molecular flexibility index (Phi) is 43.3. The highest BCUT2D eigenvalue weighted by molar-refractivity contribution is 6.93. The molecule has 0 bridgehead atoms. The Balaban J connectivity index is 0.000000149. The summed E-state index contributed by atoms with van der Waals surface area (Å²) in [7, 11) is -34.8. The van der Waals surface area contributed by atoms with Gasteiger partial charge in [-0.3, -0.25) is 0 Å². The van der Waals surface area contributed by atoms with Gasteiger partial charge in [-0.25, -0.2) is 0 Å². The molecule has 18 fully saturated rings. The van der Waals surface area contributed by atoms with Gasteiger partial charge < -0.3 is 96.1 Å². The van der Waals surface area contributed by atoms with Crippen LogP contribution in [0.5, 0.6) is 0 Å².